The Morgan fingerprint density at radius 2 is 2.14 bits per heavy atom. The number of halogens is 1. The smallest absolute Gasteiger partial charge is 0.123 e. The van der Waals surface area contributed by atoms with Crippen molar-refractivity contribution in [3.63, 3.8) is 0 Å². The quantitative estimate of drug-likeness (QED) is 0.690. The van der Waals surface area contributed by atoms with Gasteiger partial charge in [0.15, 0.2) is 0 Å². The number of aryl methyl sites for hydroxylation is 2. The van der Waals surface area contributed by atoms with Crippen molar-refractivity contribution >= 4 is 21.4 Å². The van der Waals surface area contributed by atoms with Crippen LogP contribution in [0, 0.1) is 12.7 Å². The Bertz CT molecular complexity index is 457. The van der Waals surface area contributed by atoms with Crippen LogP contribution >= 0.6 is 11.3 Å². The maximum atomic E-state index is 13.0. The van der Waals surface area contributed by atoms with Gasteiger partial charge in [0, 0.05) is 9.58 Å². The summed E-state index contributed by atoms with van der Waals surface area (Å²) in [4.78, 5) is 1.40. The van der Waals surface area contributed by atoms with E-state index in [-0.39, 0.29) is 5.82 Å². The molecular formula is C12H13FS. The lowest BCUT2D eigenvalue weighted by atomic mass is 10.1. The van der Waals surface area contributed by atoms with Gasteiger partial charge in [0.25, 0.3) is 0 Å². The summed E-state index contributed by atoms with van der Waals surface area (Å²) in [5.74, 6) is -0.138. The highest BCUT2D eigenvalue weighted by Gasteiger charge is 2.07. The van der Waals surface area contributed by atoms with E-state index < -0.39 is 0 Å². The lowest BCUT2D eigenvalue weighted by Gasteiger charge is -1.94. The van der Waals surface area contributed by atoms with Crippen LogP contribution in [-0.2, 0) is 6.42 Å². The fourth-order valence-corrected chi connectivity index (χ4v) is 3.00. The van der Waals surface area contributed by atoms with E-state index in [1.165, 1.54) is 21.2 Å². The van der Waals surface area contributed by atoms with Gasteiger partial charge in [-0.05, 0) is 42.5 Å². The first kappa shape index (κ1) is 9.66. The molecule has 0 aliphatic carbocycles. The van der Waals surface area contributed by atoms with Crippen LogP contribution in [0.25, 0.3) is 10.1 Å². The van der Waals surface area contributed by atoms with Crippen LogP contribution in [0.5, 0.6) is 0 Å². The van der Waals surface area contributed by atoms with Gasteiger partial charge in [0.1, 0.15) is 5.82 Å². The van der Waals surface area contributed by atoms with Crippen LogP contribution in [0.4, 0.5) is 4.39 Å². The van der Waals surface area contributed by atoms with Gasteiger partial charge in [-0.3, -0.25) is 0 Å². The number of thiophene rings is 1. The van der Waals surface area contributed by atoms with Gasteiger partial charge in [0.05, 0.1) is 0 Å². The zero-order chi connectivity index (χ0) is 10.1. The summed E-state index contributed by atoms with van der Waals surface area (Å²) in [7, 11) is 0. The monoisotopic (exact) mass is 208 g/mol. The topological polar surface area (TPSA) is 0 Å². The second-order valence-corrected chi connectivity index (χ2v) is 4.68. The summed E-state index contributed by atoms with van der Waals surface area (Å²) >= 11 is 1.79. The van der Waals surface area contributed by atoms with E-state index in [9.17, 15) is 4.39 Å². The van der Waals surface area contributed by atoms with Crippen molar-refractivity contribution in [2.24, 2.45) is 0 Å². The van der Waals surface area contributed by atoms with Crippen molar-refractivity contribution in [3.05, 3.63) is 34.5 Å². The van der Waals surface area contributed by atoms with E-state index in [4.69, 9.17) is 0 Å². The molecule has 0 N–H and O–H groups in total. The Balaban J connectivity index is 2.62. The summed E-state index contributed by atoms with van der Waals surface area (Å²) in [5, 5.41) is 1.08. The molecule has 74 valence electrons. The molecule has 0 saturated carbocycles. The van der Waals surface area contributed by atoms with Gasteiger partial charge in [-0.2, -0.15) is 0 Å². The second kappa shape index (κ2) is 3.70. The Kier molecular flexibility index (Phi) is 2.55. The van der Waals surface area contributed by atoms with Gasteiger partial charge in [-0.15, -0.1) is 11.3 Å². The van der Waals surface area contributed by atoms with E-state index in [0.29, 0.717) is 0 Å². The minimum atomic E-state index is -0.138. The summed E-state index contributed by atoms with van der Waals surface area (Å²) in [6.07, 6.45) is 2.25. The summed E-state index contributed by atoms with van der Waals surface area (Å²) < 4.78 is 14.2. The second-order valence-electron chi connectivity index (χ2n) is 3.54. The molecule has 0 radical (unpaired) electrons. The molecule has 14 heavy (non-hydrogen) atoms. The molecule has 0 nitrogen and oxygen atoms in total. The standard InChI is InChI=1S/C12H13FS/c1-3-4-11-8(2)10-7-9(13)5-6-12(10)14-11/h5-7H,3-4H2,1-2H3. The van der Waals surface area contributed by atoms with Crippen molar-refractivity contribution < 1.29 is 4.39 Å². The number of rotatable bonds is 2. The first-order chi connectivity index (χ1) is 6.72. The maximum absolute atomic E-state index is 13.0. The molecule has 1 heterocycles. The van der Waals surface area contributed by atoms with Crippen LogP contribution in [0.2, 0.25) is 0 Å². The molecule has 1 aromatic heterocycles. The highest BCUT2D eigenvalue weighted by atomic mass is 32.1. The number of benzene rings is 1. The van der Waals surface area contributed by atoms with Crippen molar-refractivity contribution in [1.82, 2.24) is 0 Å². The highest BCUT2D eigenvalue weighted by molar-refractivity contribution is 7.19. The maximum Gasteiger partial charge on any atom is 0.123 e. The average molecular weight is 208 g/mol. The first-order valence-corrected chi connectivity index (χ1v) is 5.71. The SMILES string of the molecule is CCCc1sc2ccc(F)cc2c1C. The zero-order valence-electron chi connectivity index (χ0n) is 8.43. The van der Waals surface area contributed by atoms with E-state index >= 15 is 0 Å². The number of fused-ring (bicyclic) bond motifs is 1. The minimum absolute atomic E-state index is 0.138. The van der Waals surface area contributed by atoms with Crippen molar-refractivity contribution in [3.8, 4) is 0 Å². The molecule has 2 heteroatoms. The number of hydrogen-bond donors (Lipinski definition) is 0. The lowest BCUT2D eigenvalue weighted by molar-refractivity contribution is 0.630. The normalized spacial score (nSPS) is 11.1. The van der Waals surface area contributed by atoms with E-state index in [2.05, 4.69) is 13.8 Å². The Morgan fingerprint density at radius 1 is 1.36 bits per heavy atom. The van der Waals surface area contributed by atoms with Gasteiger partial charge in [-0.1, -0.05) is 13.3 Å². The van der Waals surface area contributed by atoms with Crippen LogP contribution < -0.4 is 0 Å². The van der Waals surface area contributed by atoms with Crippen LogP contribution in [-0.4, -0.2) is 0 Å². The molecular weight excluding hydrogens is 195 g/mol. The van der Waals surface area contributed by atoms with Crippen LogP contribution in [0.15, 0.2) is 18.2 Å². The zero-order valence-corrected chi connectivity index (χ0v) is 9.25. The average Bonchev–Trinajstić information content (AvgIpc) is 2.46. The minimum Gasteiger partial charge on any atom is -0.207 e. The number of hydrogen-bond acceptors (Lipinski definition) is 1. The van der Waals surface area contributed by atoms with E-state index in [1.807, 2.05) is 6.07 Å². The van der Waals surface area contributed by atoms with Gasteiger partial charge in [0.2, 0.25) is 0 Å². The molecule has 0 saturated heterocycles. The largest absolute Gasteiger partial charge is 0.207 e. The fraction of sp³-hybridized carbons (Fsp3) is 0.333. The molecule has 0 fully saturated rings. The summed E-state index contributed by atoms with van der Waals surface area (Å²) in [5.41, 5.74) is 1.26. The fourth-order valence-electron chi connectivity index (χ4n) is 1.71. The predicted octanol–water partition coefficient (Wildman–Crippen LogP) is 4.30. The van der Waals surface area contributed by atoms with Crippen LogP contribution in [0.1, 0.15) is 23.8 Å². The molecule has 0 spiro atoms. The summed E-state index contributed by atoms with van der Waals surface area (Å²) in [6, 6.07) is 5.05. The van der Waals surface area contributed by atoms with Crippen molar-refractivity contribution in [1.29, 1.82) is 0 Å². The van der Waals surface area contributed by atoms with Crippen molar-refractivity contribution in [2.75, 3.05) is 0 Å². The Morgan fingerprint density at radius 3 is 2.86 bits per heavy atom. The molecule has 0 bridgehead atoms. The predicted molar refractivity (Wildman–Crippen MR) is 60.5 cm³/mol. The molecule has 0 atom stereocenters. The third-order valence-corrected chi connectivity index (χ3v) is 3.81. The van der Waals surface area contributed by atoms with Gasteiger partial charge in [-0.25, -0.2) is 4.39 Å². The molecule has 0 aliphatic rings. The molecule has 1 aromatic carbocycles. The van der Waals surface area contributed by atoms with Gasteiger partial charge >= 0.3 is 0 Å². The van der Waals surface area contributed by atoms with E-state index in [0.717, 1.165) is 18.2 Å². The molecule has 2 rings (SSSR count). The Labute approximate surface area is 87.4 Å². The van der Waals surface area contributed by atoms with Crippen molar-refractivity contribution in [2.45, 2.75) is 26.7 Å². The van der Waals surface area contributed by atoms with Gasteiger partial charge < -0.3 is 0 Å². The summed E-state index contributed by atoms with van der Waals surface area (Å²) in [6.45, 7) is 4.26. The third-order valence-electron chi connectivity index (χ3n) is 2.47. The molecule has 0 unspecified atom stereocenters. The third kappa shape index (κ3) is 1.55. The molecule has 2 aromatic rings. The lowest BCUT2D eigenvalue weighted by Crippen LogP contribution is -1.80. The Hall–Kier alpha value is -0.890. The molecule has 0 aliphatic heterocycles. The van der Waals surface area contributed by atoms with Crippen LogP contribution in [0.3, 0.4) is 0 Å². The molecule has 0 amide bonds. The highest BCUT2D eigenvalue weighted by Crippen LogP contribution is 2.31. The van der Waals surface area contributed by atoms with E-state index in [1.54, 1.807) is 17.4 Å². The first-order valence-electron chi connectivity index (χ1n) is 4.90.